The fourth-order valence-corrected chi connectivity index (χ4v) is 3.23. The van der Waals surface area contributed by atoms with Gasteiger partial charge in [0, 0.05) is 12.1 Å². The summed E-state index contributed by atoms with van der Waals surface area (Å²) in [5.41, 5.74) is 5.52. The largest absolute Gasteiger partial charge is 0.335 e. The van der Waals surface area contributed by atoms with Gasteiger partial charge in [-0.2, -0.15) is 0 Å². The Kier molecular flexibility index (Phi) is 7.38. The first-order valence-electron chi connectivity index (χ1n) is 8.70. The van der Waals surface area contributed by atoms with Crippen molar-refractivity contribution in [2.45, 2.75) is 76.4 Å². The van der Waals surface area contributed by atoms with Crippen molar-refractivity contribution in [2.75, 3.05) is 13.1 Å². The van der Waals surface area contributed by atoms with Crippen molar-refractivity contribution in [1.82, 2.24) is 26.6 Å². The topological polar surface area (TPSA) is 103 Å². The first-order chi connectivity index (χ1) is 10.7. The Balaban J connectivity index is 1.71. The van der Waals surface area contributed by atoms with E-state index in [2.05, 4.69) is 33.5 Å². The third-order valence-electron chi connectivity index (χ3n) is 4.40. The maximum absolute atomic E-state index is 12.1. The molecule has 7 N–H and O–H groups in total. The predicted octanol–water partition coefficient (Wildman–Crippen LogP) is 0.138. The van der Waals surface area contributed by atoms with Crippen LogP contribution in [-0.2, 0) is 0 Å². The Morgan fingerprint density at radius 1 is 1.18 bits per heavy atom. The summed E-state index contributed by atoms with van der Waals surface area (Å²) in [6.07, 6.45) is 7.85. The molecular formula is C15H32N6O. The lowest BCUT2D eigenvalue weighted by atomic mass is 9.96. The Hall–Kier alpha value is -0.890. The molecule has 1 saturated heterocycles. The van der Waals surface area contributed by atoms with E-state index in [4.69, 9.17) is 5.73 Å². The lowest BCUT2D eigenvalue weighted by Gasteiger charge is -2.37. The van der Waals surface area contributed by atoms with Crippen molar-refractivity contribution >= 4 is 6.03 Å². The van der Waals surface area contributed by atoms with Crippen LogP contribution in [0.3, 0.4) is 0 Å². The molecule has 22 heavy (non-hydrogen) atoms. The molecule has 1 aliphatic carbocycles. The summed E-state index contributed by atoms with van der Waals surface area (Å²) in [4.78, 5) is 12.1. The lowest BCUT2D eigenvalue weighted by Crippen LogP contribution is -2.68. The van der Waals surface area contributed by atoms with Gasteiger partial charge in [-0.3, -0.25) is 10.6 Å². The number of rotatable bonds is 6. The summed E-state index contributed by atoms with van der Waals surface area (Å²) >= 11 is 0. The molecule has 1 saturated carbocycles. The number of carbonyl (C=O) groups excluding carboxylic acids is 1. The molecule has 7 nitrogen and oxygen atoms in total. The van der Waals surface area contributed by atoms with Gasteiger partial charge in [-0.05, 0) is 45.7 Å². The molecule has 2 aliphatic rings. The molecule has 1 heterocycles. The van der Waals surface area contributed by atoms with Crippen LogP contribution in [0.2, 0.25) is 0 Å². The minimum Gasteiger partial charge on any atom is -0.335 e. The standard InChI is InChI=1S/C15H32N6O/c1-11-10-13(17-9-5-8-16)20-14(18-11)21-15(22)19-12-6-3-2-4-7-12/h11-14,17-18,20H,2-10,16H2,1H3,(H2,19,21,22). The molecule has 0 spiro atoms. The van der Waals surface area contributed by atoms with E-state index in [1.807, 2.05) is 0 Å². The van der Waals surface area contributed by atoms with Crippen molar-refractivity contribution < 1.29 is 4.79 Å². The third-order valence-corrected chi connectivity index (χ3v) is 4.40. The van der Waals surface area contributed by atoms with Gasteiger partial charge >= 0.3 is 6.03 Å². The van der Waals surface area contributed by atoms with E-state index in [1.54, 1.807) is 0 Å². The number of nitrogens with one attached hydrogen (secondary N) is 5. The summed E-state index contributed by atoms with van der Waals surface area (Å²) < 4.78 is 0. The SMILES string of the molecule is CC1CC(NCCCN)NC(NC(=O)NC2CCCCC2)N1. The molecule has 3 atom stereocenters. The fraction of sp³-hybridized carbons (Fsp3) is 0.933. The van der Waals surface area contributed by atoms with Gasteiger partial charge in [-0.15, -0.1) is 0 Å². The maximum atomic E-state index is 12.1. The molecule has 7 heteroatoms. The van der Waals surface area contributed by atoms with E-state index in [0.29, 0.717) is 18.6 Å². The van der Waals surface area contributed by atoms with Crippen LogP contribution >= 0.6 is 0 Å². The monoisotopic (exact) mass is 312 g/mol. The van der Waals surface area contributed by atoms with Crippen molar-refractivity contribution in [3.63, 3.8) is 0 Å². The van der Waals surface area contributed by atoms with Gasteiger partial charge < -0.3 is 21.7 Å². The molecule has 3 unspecified atom stereocenters. The first kappa shape index (κ1) is 17.5. The van der Waals surface area contributed by atoms with Gasteiger partial charge in [0.1, 0.15) is 6.29 Å². The van der Waals surface area contributed by atoms with Gasteiger partial charge in [-0.1, -0.05) is 19.3 Å². The Morgan fingerprint density at radius 3 is 2.68 bits per heavy atom. The van der Waals surface area contributed by atoms with Crippen LogP contribution in [0.1, 0.15) is 51.9 Å². The highest BCUT2D eigenvalue weighted by atomic mass is 16.2. The predicted molar refractivity (Wildman–Crippen MR) is 88.1 cm³/mol. The zero-order valence-electron chi connectivity index (χ0n) is 13.7. The number of nitrogens with two attached hydrogens (primary N) is 1. The van der Waals surface area contributed by atoms with Crippen LogP contribution in [0.4, 0.5) is 4.79 Å². The summed E-state index contributed by atoms with van der Waals surface area (Å²) in [5, 5.41) is 16.2. The molecule has 0 aromatic rings. The second-order valence-electron chi connectivity index (χ2n) is 6.50. The molecule has 0 aromatic carbocycles. The van der Waals surface area contributed by atoms with Crippen LogP contribution in [0.5, 0.6) is 0 Å². The first-order valence-corrected chi connectivity index (χ1v) is 8.70. The van der Waals surface area contributed by atoms with Gasteiger partial charge in [0.05, 0.1) is 6.17 Å². The van der Waals surface area contributed by atoms with Crippen molar-refractivity contribution in [3.05, 3.63) is 0 Å². The number of urea groups is 1. The minimum atomic E-state index is -0.206. The van der Waals surface area contributed by atoms with Gasteiger partial charge in [0.15, 0.2) is 0 Å². The number of carbonyl (C=O) groups is 1. The average Bonchev–Trinajstić information content (AvgIpc) is 2.48. The maximum Gasteiger partial charge on any atom is 0.317 e. The summed E-state index contributed by atoms with van der Waals surface area (Å²) in [6.45, 7) is 3.72. The normalized spacial score (nSPS) is 30.0. The second kappa shape index (κ2) is 9.29. The molecular weight excluding hydrogens is 280 g/mol. The Labute approximate surface area is 133 Å². The van der Waals surface area contributed by atoms with E-state index in [0.717, 1.165) is 32.2 Å². The minimum absolute atomic E-state index is 0.0910. The highest BCUT2D eigenvalue weighted by Gasteiger charge is 2.26. The zero-order chi connectivity index (χ0) is 15.8. The van der Waals surface area contributed by atoms with E-state index in [1.165, 1.54) is 19.3 Å². The molecule has 1 aliphatic heterocycles. The Morgan fingerprint density at radius 2 is 1.95 bits per heavy atom. The van der Waals surface area contributed by atoms with E-state index < -0.39 is 0 Å². The highest BCUT2D eigenvalue weighted by molar-refractivity contribution is 5.74. The van der Waals surface area contributed by atoms with E-state index >= 15 is 0 Å². The van der Waals surface area contributed by atoms with Crippen molar-refractivity contribution in [3.8, 4) is 0 Å². The molecule has 2 fully saturated rings. The lowest BCUT2D eigenvalue weighted by molar-refractivity contribution is 0.185. The van der Waals surface area contributed by atoms with E-state index in [-0.39, 0.29) is 18.5 Å². The van der Waals surface area contributed by atoms with Crippen LogP contribution in [-0.4, -0.2) is 43.7 Å². The number of hydrogen-bond donors (Lipinski definition) is 6. The number of amides is 2. The van der Waals surface area contributed by atoms with Gasteiger partial charge in [0.25, 0.3) is 0 Å². The van der Waals surface area contributed by atoms with Crippen molar-refractivity contribution in [1.29, 1.82) is 0 Å². The smallest absolute Gasteiger partial charge is 0.317 e. The van der Waals surface area contributed by atoms with Crippen molar-refractivity contribution in [2.24, 2.45) is 5.73 Å². The molecule has 2 rings (SSSR count). The quantitative estimate of drug-likeness (QED) is 0.392. The highest BCUT2D eigenvalue weighted by Crippen LogP contribution is 2.17. The van der Waals surface area contributed by atoms with E-state index in [9.17, 15) is 4.79 Å². The summed E-state index contributed by atoms with van der Waals surface area (Å²) in [5.74, 6) is 0. The second-order valence-corrected chi connectivity index (χ2v) is 6.50. The van der Waals surface area contributed by atoms with Gasteiger partial charge in [-0.25, -0.2) is 4.79 Å². The molecule has 0 aromatic heterocycles. The molecule has 0 radical (unpaired) electrons. The van der Waals surface area contributed by atoms with Crippen LogP contribution < -0.4 is 32.3 Å². The summed E-state index contributed by atoms with van der Waals surface area (Å²) in [6, 6.07) is 0.580. The Bertz CT molecular complexity index is 334. The zero-order valence-corrected chi connectivity index (χ0v) is 13.7. The van der Waals surface area contributed by atoms with Crippen LogP contribution in [0.15, 0.2) is 0 Å². The molecule has 2 amide bonds. The summed E-state index contributed by atoms with van der Waals surface area (Å²) in [7, 11) is 0. The molecule has 128 valence electrons. The van der Waals surface area contributed by atoms with Gasteiger partial charge in [0.2, 0.25) is 0 Å². The fourth-order valence-electron chi connectivity index (χ4n) is 3.23. The van der Waals surface area contributed by atoms with Crippen LogP contribution in [0, 0.1) is 0 Å². The molecule has 0 bridgehead atoms. The number of hydrogen-bond acceptors (Lipinski definition) is 5. The average molecular weight is 312 g/mol. The third kappa shape index (κ3) is 6.08. The van der Waals surface area contributed by atoms with Crippen LogP contribution in [0.25, 0.3) is 0 Å².